The summed E-state index contributed by atoms with van der Waals surface area (Å²) in [5, 5.41) is 6.88. The van der Waals surface area contributed by atoms with Crippen LogP contribution in [-0.2, 0) is 4.74 Å². The van der Waals surface area contributed by atoms with E-state index < -0.39 is 6.09 Å². The first kappa shape index (κ1) is 15.4. The quantitative estimate of drug-likeness (QED) is 0.884. The molecule has 0 radical (unpaired) electrons. The van der Waals surface area contributed by atoms with Crippen LogP contribution in [0, 0.1) is 5.92 Å². The molecule has 110 valence electrons. The summed E-state index contributed by atoms with van der Waals surface area (Å²) < 4.78 is 5.16. The standard InChI is InChI=1S/C14H18Cl2N2O2/c15-11-3-4-12(16)13(8-11)18-14(19)20-7-5-10-2-1-6-17-9-10/h3-4,8,10,17H,1-2,5-7,9H2,(H,18,19). The lowest BCUT2D eigenvalue weighted by Crippen LogP contribution is -2.30. The van der Waals surface area contributed by atoms with Crippen molar-refractivity contribution in [3.63, 3.8) is 0 Å². The van der Waals surface area contributed by atoms with Gasteiger partial charge >= 0.3 is 6.09 Å². The SMILES string of the molecule is O=C(Nc1cc(Cl)ccc1Cl)OCCC1CCCNC1. The highest BCUT2D eigenvalue weighted by Gasteiger charge is 2.14. The predicted molar refractivity (Wildman–Crippen MR) is 81.6 cm³/mol. The molecule has 1 aliphatic heterocycles. The number of rotatable bonds is 4. The van der Waals surface area contributed by atoms with Gasteiger partial charge in [0.1, 0.15) is 0 Å². The molecule has 0 aliphatic carbocycles. The van der Waals surface area contributed by atoms with Crippen molar-refractivity contribution in [2.75, 3.05) is 25.0 Å². The van der Waals surface area contributed by atoms with E-state index in [9.17, 15) is 4.79 Å². The highest BCUT2D eigenvalue weighted by molar-refractivity contribution is 6.35. The number of hydrogen-bond acceptors (Lipinski definition) is 3. The first-order valence-electron chi connectivity index (χ1n) is 6.74. The van der Waals surface area contributed by atoms with Crippen LogP contribution in [0.3, 0.4) is 0 Å². The Balaban J connectivity index is 1.73. The Hall–Kier alpha value is -0.970. The zero-order valence-corrected chi connectivity index (χ0v) is 12.6. The Labute approximate surface area is 128 Å². The molecule has 0 bridgehead atoms. The van der Waals surface area contributed by atoms with Crippen LogP contribution in [0.4, 0.5) is 10.5 Å². The van der Waals surface area contributed by atoms with E-state index in [-0.39, 0.29) is 0 Å². The molecule has 1 heterocycles. The maximum atomic E-state index is 11.7. The summed E-state index contributed by atoms with van der Waals surface area (Å²) in [4.78, 5) is 11.7. The Morgan fingerprint density at radius 3 is 3.05 bits per heavy atom. The van der Waals surface area contributed by atoms with Gasteiger partial charge in [0.2, 0.25) is 0 Å². The molecule has 1 aromatic carbocycles. The fourth-order valence-electron chi connectivity index (χ4n) is 2.23. The molecule has 2 N–H and O–H groups in total. The Morgan fingerprint density at radius 1 is 1.45 bits per heavy atom. The molecule has 4 nitrogen and oxygen atoms in total. The third kappa shape index (κ3) is 4.85. The van der Waals surface area contributed by atoms with Crippen LogP contribution in [-0.4, -0.2) is 25.8 Å². The summed E-state index contributed by atoms with van der Waals surface area (Å²) in [6, 6.07) is 4.89. The van der Waals surface area contributed by atoms with Crippen LogP contribution in [0.1, 0.15) is 19.3 Å². The van der Waals surface area contributed by atoms with E-state index >= 15 is 0 Å². The van der Waals surface area contributed by atoms with Crippen molar-refractivity contribution in [1.82, 2.24) is 5.32 Å². The van der Waals surface area contributed by atoms with Crippen LogP contribution in [0.15, 0.2) is 18.2 Å². The molecule has 0 spiro atoms. The molecule has 1 aromatic rings. The number of ether oxygens (including phenoxy) is 1. The summed E-state index contributed by atoms with van der Waals surface area (Å²) in [6.07, 6.45) is 2.76. The number of piperidine rings is 1. The van der Waals surface area contributed by atoms with Gasteiger partial charge in [0, 0.05) is 5.02 Å². The van der Waals surface area contributed by atoms with Crippen LogP contribution in [0.25, 0.3) is 0 Å². The number of benzene rings is 1. The highest BCUT2D eigenvalue weighted by Crippen LogP contribution is 2.25. The van der Waals surface area contributed by atoms with Gasteiger partial charge in [-0.1, -0.05) is 23.2 Å². The second kappa shape index (κ2) is 7.72. The van der Waals surface area contributed by atoms with Crippen LogP contribution in [0.5, 0.6) is 0 Å². The summed E-state index contributed by atoms with van der Waals surface area (Å²) in [5.41, 5.74) is 0.462. The molecule has 1 atom stereocenters. The molecule has 20 heavy (non-hydrogen) atoms. The van der Waals surface area contributed by atoms with Crippen LogP contribution < -0.4 is 10.6 Å². The fraction of sp³-hybridized carbons (Fsp3) is 0.500. The van der Waals surface area contributed by atoms with E-state index in [1.165, 1.54) is 12.8 Å². The molecule has 6 heteroatoms. The third-order valence-corrected chi connectivity index (χ3v) is 3.89. The molecule has 0 aromatic heterocycles. The molecule has 1 unspecified atom stereocenters. The minimum absolute atomic E-state index is 0.413. The van der Waals surface area contributed by atoms with E-state index in [2.05, 4.69) is 10.6 Å². The molecule has 0 saturated carbocycles. The molecule has 1 fully saturated rings. The van der Waals surface area contributed by atoms with E-state index in [0.29, 0.717) is 28.3 Å². The third-order valence-electron chi connectivity index (χ3n) is 3.32. The second-order valence-electron chi connectivity index (χ2n) is 4.89. The van der Waals surface area contributed by atoms with Crippen LogP contribution in [0.2, 0.25) is 10.0 Å². The van der Waals surface area contributed by atoms with Gasteiger partial charge in [-0.2, -0.15) is 0 Å². The number of carbonyl (C=O) groups excluding carboxylic acids is 1. The number of halogens is 2. The number of hydrogen-bond donors (Lipinski definition) is 2. The topological polar surface area (TPSA) is 50.4 Å². The maximum Gasteiger partial charge on any atom is 0.411 e. The zero-order valence-electron chi connectivity index (χ0n) is 11.1. The van der Waals surface area contributed by atoms with Crippen molar-refractivity contribution in [1.29, 1.82) is 0 Å². The van der Waals surface area contributed by atoms with Crippen molar-refractivity contribution in [3.05, 3.63) is 28.2 Å². The minimum Gasteiger partial charge on any atom is -0.449 e. The average Bonchev–Trinajstić information content (AvgIpc) is 2.44. The van der Waals surface area contributed by atoms with Crippen molar-refractivity contribution in [2.45, 2.75) is 19.3 Å². The largest absolute Gasteiger partial charge is 0.449 e. The number of anilines is 1. The van der Waals surface area contributed by atoms with E-state index in [1.807, 2.05) is 0 Å². The molecular formula is C14H18Cl2N2O2. The Morgan fingerprint density at radius 2 is 2.30 bits per heavy atom. The van der Waals surface area contributed by atoms with Gasteiger partial charge < -0.3 is 10.1 Å². The van der Waals surface area contributed by atoms with E-state index in [0.717, 1.165) is 19.5 Å². The van der Waals surface area contributed by atoms with Gasteiger partial charge in [0.15, 0.2) is 0 Å². The van der Waals surface area contributed by atoms with Gasteiger partial charge in [0.05, 0.1) is 17.3 Å². The number of carbonyl (C=O) groups is 1. The summed E-state index contributed by atoms with van der Waals surface area (Å²) >= 11 is 11.8. The van der Waals surface area contributed by atoms with Gasteiger partial charge in [-0.3, -0.25) is 5.32 Å². The second-order valence-corrected chi connectivity index (χ2v) is 5.73. The van der Waals surface area contributed by atoms with Gasteiger partial charge in [0.25, 0.3) is 0 Å². The lowest BCUT2D eigenvalue weighted by atomic mass is 9.97. The highest BCUT2D eigenvalue weighted by atomic mass is 35.5. The van der Waals surface area contributed by atoms with Gasteiger partial charge in [-0.15, -0.1) is 0 Å². The zero-order chi connectivity index (χ0) is 14.4. The molecule has 1 saturated heterocycles. The van der Waals surface area contributed by atoms with Gasteiger partial charge in [-0.25, -0.2) is 4.79 Å². The van der Waals surface area contributed by atoms with E-state index in [1.54, 1.807) is 18.2 Å². The first-order valence-corrected chi connectivity index (χ1v) is 7.50. The minimum atomic E-state index is -0.502. The lowest BCUT2D eigenvalue weighted by Gasteiger charge is -2.22. The average molecular weight is 317 g/mol. The van der Waals surface area contributed by atoms with Crippen molar-refractivity contribution < 1.29 is 9.53 Å². The molecule has 2 rings (SSSR count). The lowest BCUT2D eigenvalue weighted by molar-refractivity contribution is 0.150. The van der Waals surface area contributed by atoms with Gasteiger partial charge in [-0.05, 0) is 56.5 Å². The van der Waals surface area contributed by atoms with Crippen LogP contribution >= 0.6 is 23.2 Å². The van der Waals surface area contributed by atoms with Crippen molar-refractivity contribution >= 4 is 35.0 Å². The predicted octanol–water partition coefficient (Wildman–Crippen LogP) is 3.93. The van der Waals surface area contributed by atoms with Crippen molar-refractivity contribution in [3.8, 4) is 0 Å². The van der Waals surface area contributed by atoms with E-state index in [4.69, 9.17) is 27.9 Å². The number of amides is 1. The molecule has 1 amide bonds. The van der Waals surface area contributed by atoms with Crippen molar-refractivity contribution in [2.24, 2.45) is 5.92 Å². The summed E-state index contributed by atoms with van der Waals surface area (Å²) in [5.74, 6) is 0.589. The molecule has 1 aliphatic rings. The molecular weight excluding hydrogens is 299 g/mol. The Kier molecular flexibility index (Phi) is 5.95. The fourth-order valence-corrected chi connectivity index (χ4v) is 2.56. The first-order chi connectivity index (χ1) is 9.65. The monoisotopic (exact) mass is 316 g/mol. The normalized spacial score (nSPS) is 18.6. The number of nitrogens with one attached hydrogen (secondary N) is 2. The summed E-state index contributed by atoms with van der Waals surface area (Å²) in [7, 11) is 0. The summed E-state index contributed by atoms with van der Waals surface area (Å²) in [6.45, 7) is 2.51. The smallest absolute Gasteiger partial charge is 0.411 e. The maximum absolute atomic E-state index is 11.7. The Bertz CT molecular complexity index is 462.